The predicted molar refractivity (Wildman–Crippen MR) is 100 cm³/mol. The van der Waals surface area contributed by atoms with Crippen molar-refractivity contribution in [1.29, 1.82) is 0 Å². The first-order valence-electron chi connectivity index (χ1n) is 7.72. The SMILES string of the molecule is Cc1cc(OCCN(C)C)c2oc(Nc3ccc(Br)cc3)nc2c1. The molecule has 126 valence electrons. The summed E-state index contributed by atoms with van der Waals surface area (Å²) in [6.07, 6.45) is 0. The van der Waals surface area contributed by atoms with Gasteiger partial charge in [-0.2, -0.15) is 4.98 Å². The molecule has 0 aliphatic heterocycles. The number of likely N-dealkylation sites (N-methyl/N-ethyl adjacent to an activating group) is 1. The minimum absolute atomic E-state index is 0.454. The number of anilines is 2. The van der Waals surface area contributed by atoms with Gasteiger partial charge in [0.2, 0.25) is 0 Å². The highest BCUT2D eigenvalue weighted by Crippen LogP contribution is 2.31. The monoisotopic (exact) mass is 389 g/mol. The van der Waals surface area contributed by atoms with Crippen LogP contribution in [-0.4, -0.2) is 37.1 Å². The van der Waals surface area contributed by atoms with E-state index in [9.17, 15) is 0 Å². The van der Waals surface area contributed by atoms with Crippen LogP contribution < -0.4 is 10.1 Å². The minimum atomic E-state index is 0.454. The Morgan fingerprint density at radius 2 is 1.96 bits per heavy atom. The van der Waals surface area contributed by atoms with Crippen molar-refractivity contribution < 1.29 is 9.15 Å². The number of benzene rings is 2. The summed E-state index contributed by atoms with van der Waals surface area (Å²) in [7, 11) is 4.04. The quantitative estimate of drug-likeness (QED) is 0.668. The molecule has 0 aliphatic carbocycles. The second kappa shape index (κ2) is 7.23. The maximum Gasteiger partial charge on any atom is 0.300 e. The van der Waals surface area contributed by atoms with E-state index < -0.39 is 0 Å². The lowest BCUT2D eigenvalue weighted by atomic mass is 10.2. The van der Waals surface area contributed by atoms with Crippen molar-refractivity contribution >= 4 is 38.7 Å². The summed E-state index contributed by atoms with van der Waals surface area (Å²) in [5, 5.41) is 3.18. The molecular formula is C18H20BrN3O2. The van der Waals surface area contributed by atoms with Crippen molar-refractivity contribution in [3.05, 3.63) is 46.4 Å². The molecule has 1 aromatic heterocycles. The Kier molecular flexibility index (Phi) is 5.06. The average Bonchev–Trinajstić information content (AvgIpc) is 2.91. The second-order valence-electron chi connectivity index (χ2n) is 5.91. The largest absolute Gasteiger partial charge is 0.488 e. The van der Waals surface area contributed by atoms with Gasteiger partial charge < -0.3 is 19.4 Å². The van der Waals surface area contributed by atoms with E-state index in [1.807, 2.05) is 57.4 Å². The first-order chi connectivity index (χ1) is 11.5. The van der Waals surface area contributed by atoms with Crippen molar-refractivity contribution in [2.24, 2.45) is 0 Å². The van der Waals surface area contributed by atoms with E-state index in [0.717, 1.165) is 33.5 Å². The maximum atomic E-state index is 5.88. The van der Waals surface area contributed by atoms with Crippen LogP contribution in [0.15, 0.2) is 45.3 Å². The number of aromatic nitrogens is 1. The zero-order valence-corrected chi connectivity index (χ0v) is 15.6. The molecule has 0 bridgehead atoms. The molecule has 2 aromatic carbocycles. The molecule has 0 saturated heterocycles. The van der Waals surface area contributed by atoms with Crippen molar-refractivity contribution in [3.63, 3.8) is 0 Å². The summed E-state index contributed by atoms with van der Waals surface area (Å²) in [4.78, 5) is 6.59. The zero-order chi connectivity index (χ0) is 17.1. The first-order valence-corrected chi connectivity index (χ1v) is 8.52. The third-order valence-electron chi connectivity index (χ3n) is 3.49. The van der Waals surface area contributed by atoms with Gasteiger partial charge in [0.25, 0.3) is 6.01 Å². The first kappa shape index (κ1) is 16.8. The van der Waals surface area contributed by atoms with E-state index in [4.69, 9.17) is 9.15 Å². The Balaban J connectivity index is 1.84. The number of nitrogens with zero attached hydrogens (tertiary/aromatic N) is 2. The van der Waals surface area contributed by atoms with Gasteiger partial charge in [0, 0.05) is 16.7 Å². The van der Waals surface area contributed by atoms with Gasteiger partial charge in [-0.05, 0) is 63.0 Å². The van der Waals surface area contributed by atoms with Gasteiger partial charge in [-0.15, -0.1) is 0 Å². The predicted octanol–water partition coefficient (Wildman–Crippen LogP) is 4.58. The highest BCUT2D eigenvalue weighted by atomic mass is 79.9. The van der Waals surface area contributed by atoms with E-state index in [-0.39, 0.29) is 0 Å². The highest BCUT2D eigenvalue weighted by Gasteiger charge is 2.13. The van der Waals surface area contributed by atoms with Gasteiger partial charge >= 0.3 is 0 Å². The highest BCUT2D eigenvalue weighted by molar-refractivity contribution is 9.10. The molecule has 3 aromatic rings. The Hall–Kier alpha value is -2.05. The van der Waals surface area contributed by atoms with Crippen molar-refractivity contribution in [1.82, 2.24) is 9.88 Å². The zero-order valence-electron chi connectivity index (χ0n) is 14.0. The molecule has 0 aliphatic rings. The number of aryl methyl sites for hydroxylation is 1. The Labute approximate surface area is 149 Å². The number of hydrogen-bond donors (Lipinski definition) is 1. The Bertz CT molecular complexity index is 828. The third-order valence-corrected chi connectivity index (χ3v) is 4.02. The summed E-state index contributed by atoms with van der Waals surface area (Å²) in [5.41, 5.74) is 3.45. The van der Waals surface area contributed by atoms with Crippen LogP contribution in [-0.2, 0) is 0 Å². The second-order valence-corrected chi connectivity index (χ2v) is 6.83. The molecule has 3 rings (SSSR count). The smallest absolute Gasteiger partial charge is 0.300 e. The topological polar surface area (TPSA) is 50.5 Å². The molecule has 0 amide bonds. The lowest BCUT2D eigenvalue weighted by Gasteiger charge is -2.11. The number of rotatable bonds is 6. The Morgan fingerprint density at radius 3 is 2.67 bits per heavy atom. The average molecular weight is 390 g/mol. The van der Waals surface area contributed by atoms with Crippen molar-refractivity contribution in [2.45, 2.75) is 6.92 Å². The van der Waals surface area contributed by atoms with Gasteiger partial charge in [0.15, 0.2) is 11.3 Å². The van der Waals surface area contributed by atoms with Crippen LogP contribution in [0.1, 0.15) is 5.56 Å². The number of nitrogens with one attached hydrogen (secondary N) is 1. The van der Waals surface area contributed by atoms with Gasteiger partial charge in [-0.1, -0.05) is 15.9 Å². The fourth-order valence-electron chi connectivity index (χ4n) is 2.29. The summed E-state index contributed by atoms with van der Waals surface area (Å²) < 4.78 is 12.8. The molecule has 24 heavy (non-hydrogen) atoms. The molecule has 0 atom stereocenters. The summed E-state index contributed by atoms with van der Waals surface area (Å²) in [6.45, 7) is 3.46. The van der Waals surface area contributed by atoms with Gasteiger partial charge in [0.1, 0.15) is 12.1 Å². The lowest BCUT2D eigenvalue weighted by molar-refractivity contribution is 0.261. The van der Waals surface area contributed by atoms with E-state index in [0.29, 0.717) is 18.2 Å². The van der Waals surface area contributed by atoms with E-state index in [1.165, 1.54) is 0 Å². The molecule has 0 radical (unpaired) electrons. The Morgan fingerprint density at radius 1 is 1.21 bits per heavy atom. The summed E-state index contributed by atoms with van der Waals surface area (Å²) >= 11 is 3.42. The van der Waals surface area contributed by atoms with Crippen LogP contribution in [0.4, 0.5) is 11.7 Å². The molecular weight excluding hydrogens is 370 g/mol. The molecule has 1 N–H and O–H groups in total. The lowest BCUT2D eigenvalue weighted by Crippen LogP contribution is -2.19. The van der Waals surface area contributed by atoms with Crippen LogP contribution in [0, 0.1) is 6.92 Å². The number of ether oxygens (including phenoxy) is 1. The van der Waals surface area contributed by atoms with Crippen molar-refractivity contribution in [3.8, 4) is 5.75 Å². The van der Waals surface area contributed by atoms with Gasteiger partial charge in [-0.25, -0.2) is 0 Å². The van der Waals surface area contributed by atoms with Crippen molar-refractivity contribution in [2.75, 3.05) is 32.6 Å². The van der Waals surface area contributed by atoms with Crippen LogP contribution in [0.3, 0.4) is 0 Å². The van der Waals surface area contributed by atoms with Crippen LogP contribution in [0.5, 0.6) is 5.75 Å². The normalized spacial score (nSPS) is 11.2. The molecule has 0 spiro atoms. The fraction of sp³-hybridized carbons (Fsp3) is 0.278. The van der Waals surface area contributed by atoms with Crippen LogP contribution in [0.25, 0.3) is 11.1 Å². The maximum absolute atomic E-state index is 5.88. The molecule has 5 nitrogen and oxygen atoms in total. The number of oxazole rings is 1. The van der Waals surface area contributed by atoms with Crippen LogP contribution >= 0.6 is 15.9 Å². The summed E-state index contributed by atoms with van der Waals surface area (Å²) in [5.74, 6) is 0.725. The molecule has 0 saturated carbocycles. The van der Waals surface area contributed by atoms with E-state index >= 15 is 0 Å². The van der Waals surface area contributed by atoms with Gasteiger partial charge in [0.05, 0.1) is 0 Å². The third kappa shape index (κ3) is 4.07. The number of hydrogen-bond acceptors (Lipinski definition) is 5. The standard InChI is InChI=1S/C18H20BrN3O2/c1-12-10-15-17(16(11-12)23-9-8-22(2)3)24-18(21-15)20-14-6-4-13(19)5-7-14/h4-7,10-11H,8-9H2,1-3H3,(H,20,21). The number of fused-ring (bicyclic) bond motifs is 1. The molecule has 0 fully saturated rings. The van der Waals surface area contributed by atoms with E-state index in [1.54, 1.807) is 0 Å². The molecule has 6 heteroatoms. The fourth-order valence-corrected chi connectivity index (χ4v) is 2.56. The van der Waals surface area contributed by atoms with E-state index in [2.05, 4.69) is 31.1 Å². The molecule has 0 unspecified atom stereocenters. The minimum Gasteiger partial charge on any atom is -0.488 e. The van der Waals surface area contributed by atoms with Gasteiger partial charge in [-0.3, -0.25) is 0 Å². The molecule has 1 heterocycles. The van der Waals surface area contributed by atoms with Crippen LogP contribution in [0.2, 0.25) is 0 Å². The summed E-state index contributed by atoms with van der Waals surface area (Å²) in [6, 6.07) is 12.3. The number of halogens is 1.